The van der Waals surface area contributed by atoms with E-state index in [1.54, 1.807) is 48.5 Å². The second kappa shape index (κ2) is 8.59. The number of methoxy groups -OCH3 is 2. The third-order valence-electron chi connectivity index (χ3n) is 5.37. The molecule has 0 radical (unpaired) electrons. The van der Waals surface area contributed by atoms with Gasteiger partial charge in [-0.3, -0.25) is 9.59 Å². The minimum atomic E-state index is -0.306. The molecule has 1 aromatic heterocycles. The van der Waals surface area contributed by atoms with Gasteiger partial charge < -0.3 is 19.2 Å². The Labute approximate surface area is 185 Å². The number of aryl methyl sites for hydroxylation is 2. The molecule has 32 heavy (non-hydrogen) atoms. The Morgan fingerprint density at radius 1 is 0.875 bits per heavy atom. The van der Waals surface area contributed by atoms with Crippen molar-refractivity contribution in [2.45, 2.75) is 13.8 Å². The molecular weight excluding hydrogens is 406 g/mol. The van der Waals surface area contributed by atoms with Gasteiger partial charge in [0.25, 0.3) is 5.91 Å². The summed E-state index contributed by atoms with van der Waals surface area (Å²) in [5.41, 5.74) is 3.86. The molecule has 0 atom stereocenters. The molecular formula is C26H23NO5. The van der Waals surface area contributed by atoms with Crippen molar-refractivity contribution in [3.63, 3.8) is 0 Å². The highest BCUT2D eigenvalue weighted by atomic mass is 16.5. The van der Waals surface area contributed by atoms with Crippen LogP contribution in [0.5, 0.6) is 11.5 Å². The lowest BCUT2D eigenvalue weighted by Gasteiger charge is -2.09. The number of ether oxygens (including phenoxy) is 2. The summed E-state index contributed by atoms with van der Waals surface area (Å²) in [7, 11) is 3.04. The van der Waals surface area contributed by atoms with Gasteiger partial charge in [-0.2, -0.15) is 0 Å². The number of rotatable bonds is 6. The largest absolute Gasteiger partial charge is 0.497 e. The number of fused-ring (bicyclic) bond motifs is 1. The van der Waals surface area contributed by atoms with Crippen molar-refractivity contribution in [3.8, 4) is 11.5 Å². The van der Waals surface area contributed by atoms with Crippen LogP contribution in [0.25, 0.3) is 11.0 Å². The molecule has 3 aromatic carbocycles. The molecule has 0 bridgehead atoms. The van der Waals surface area contributed by atoms with Crippen molar-refractivity contribution in [1.29, 1.82) is 0 Å². The SMILES string of the molecule is COc1ccc(OC)c(C(=O)c2oc3ccc(NC(=O)c4ccc(C)cc4)cc3c2C)c1. The highest BCUT2D eigenvalue weighted by molar-refractivity contribution is 6.12. The molecule has 0 aliphatic rings. The molecule has 1 heterocycles. The normalized spacial score (nSPS) is 10.8. The summed E-state index contributed by atoms with van der Waals surface area (Å²) in [5.74, 6) is 0.682. The van der Waals surface area contributed by atoms with E-state index in [2.05, 4.69) is 5.32 Å². The highest BCUT2D eigenvalue weighted by Crippen LogP contribution is 2.32. The fourth-order valence-corrected chi connectivity index (χ4v) is 3.54. The summed E-state index contributed by atoms with van der Waals surface area (Å²) >= 11 is 0. The van der Waals surface area contributed by atoms with Crippen LogP contribution in [0.3, 0.4) is 0 Å². The van der Waals surface area contributed by atoms with Crippen LogP contribution in [0.4, 0.5) is 5.69 Å². The molecule has 162 valence electrons. The Balaban J connectivity index is 1.67. The van der Waals surface area contributed by atoms with Crippen LogP contribution in [0.1, 0.15) is 37.6 Å². The summed E-state index contributed by atoms with van der Waals surface area (Å²) in [4.78, 5) is 25.8. The van der Waals surface area contributed by atoms with Crippen LogP contribution in [0.15, 0.2) is 65.1 Å². The number of amides is 1. The van der Waals surface area contributed by atoms with Crippen molar-refractivity contribution in [2.75, 3.05) is 19.5 Å². The fourth-order valence-electron chi connectivity index (χ4n) is 3.54. The van der Waals surface area contributed by atoms with E-state index < -0.39 is 0 Å². The van der Waals surface area contributed by atoms with Crippen LogP contribution in [0, 0.1) is 13.8 Å². The molecule has 4 rings (SSSR count). The van der Waals surface area contributed by atoms with E-state index in [1.807, 2.05) is 26.0 Å². The molecule has 0 fully saturated rings. The first-order valence-electron chi connectivity index (χ1n) is 10.1. The van der Waals surface area contributed by atoms with Crippen molar-refractivity contribution in [1.82, 2.24) is 0 Å². The first-order chi connectivity index (χ1) is 15.4. The van der Waals surface area contributed by atoms with E-state index in [4.69, 9.17) is 13.9 Å². The van der Waals surface area contributed by atoms with Gasteiger partial charge in [0, 0.05) is 22.2 Å². The van der Waals surface area contributed by atoms with Gasteiger partial charge in [-0.05, 0) is 62.4 Å². The van der Waals surface area contributed by atoms with Crippen LogP contribution in [-0.2, 0) is 0 Å². The van der Waals surface area contributed by atoms with E-state index in [0.29, 0.717) is 39.5 Å². The molecule has 0 spiro atoms. The molecule has 4 aromatic rings. The highest BCUT2D eigenvalue weighted by Gasteiger charge is 2.23. The number of anilines is 1. The zero-order chi connectivity index (χ0) is 22.8. The van der Waals surface area contributed by atoms with Gasteiger partial charge in [-0.1, -0.05) is 17.7 Å². The molecule has 0 saturated carbocycles. The quantitative estimate of drug-likeness (QED) is 0.407. The summed E-state index contributed by atoms with van der Waals surface area (Å²) in [5, 5.41) is 3.65. The molecule has 1 N–H and O–H groups in total. The van der Waals surface area contributed by atoms with Gasteiger partial charge in [0.1, 0.15) is 17.1 Å². The second-order valence-electron chi connectivity index (χ2n) is 7.48. The van der Waals surface area contributed by atoms with Gasteiger partial charge in [0.2, 0.25) is 5.78 Å². The summed E-state index contributed by atoms with van der Waals surface area (Å²) in [6.45, 7) is 3.79. The number of hydrogen-bond donors (Lipinski definition) is 1. The Morgan fingerprint density at radius 2 is 1.62 bits per heavy atom. The number of nitrogens with one attached hydrogen (secondary N) is 1. The van der Waals surface area contributed by atoms with E-state index in [1.165, 1.54) is 14.2 Å². The summed E-state index contributed by atoms with van der Waals surface area (Å²) in [6, 6.07) is 17.7. The second-order valence-corrected chi connectivity index (χ2v) is 7.48. The van der Waals surface area contributed by atoms with Crippen LogP contribution in [-0.4, -0.2) is 25.9 Å². The molecule has 0 aliphatic heterocycles. The number of carbonyl (C=O) groups is 2. The molecule has 0 unspecified atom stereocenters. The first-order valence-corrected chi connectivity index (χ1v) is 10.1. The Kier molecular flexibility index (Phi) is 5.69. The first kappa shape index (κ1) is 21.2. The van der Waals surface area contributed by atoms with Crippen molar-refractivity contribution < 1.29 is 23.5 Å². The number of carbonyl (C=O) groups excluding carboxylic acids is 2. The molecule has 0 saturated heterocycles. The minimum Gasteiger partial charge on any atom is -0.497 e. The monoisotopic (exact) mass is 429 g/mol. The third-order valence-corrected chi connectivity index (χ3v) is 5.37. The molecule has 0 aliphatic carbocycles. The number of ketones is 1. The van der Waals surface area contributed by atoms with Gasteiger partial charge in [0.05, 0.1) is 19.8 Å². The maximum atomic E-state index is 13.3. The van der Waals surface area contributed by atoms with Crippen LogP contribution < -0.4 is 14.8 Å². The van der Waals surface area contributed by atoms with Gasteiger partial charge >= 0.3 is 0 Å². The average molecular weight is 429 g/mol. The van der Waals surface area contributed by atoms with Crippen LogP contribution in [0.2, 0.25) is 0 Å². The van der Waals surface area contributed by atoms with Crippen molar-refractivity contribution in [2.24, 2.45) is 0 Å². The fraction of sp³-hybridized carbons (Fsp3) is 0.154. The zero-order valence-electron chi connectivity index (χ0n) is 18.3. The summed E-state index contributed by atoms with van der Waals surface area (Å²) in [6.07, 6.45) is 0. The molecule has 6 nitrogen and oxygen atoms in total. The lowest BCUT2D eigenvalue weighted by atomic mass is 10.0. The number of hydrogen-bond acceptors (Lipinski definition) is 5. The maximum absolute atomic E-state index is 13.3. The Bertz CT molecular complexity index is 1320. The van der Waals surface area contributed by atoms with E-state index in [-0.39, 0.29) is 17.5 Å². The van der Waals surface area contributed by atoms with E-state index in [9.17, 15) is 9.59 Å². The van der Waals surface area contributed by atoms with E-state index >= 15 is 0 Å². The summed E-state index contributed by atoms with van der Waals surface area (Å²) < 4.78 is 16.5. The van der Waals surface area contributed by atoms with Gasteiger partial charge in [-0.15, -0.1) is 0 Å². The average Bonchev–Trinajstić information content (AvgIpc) is 3.14. The Hall–Kier alpha value is -4.06. The van der Waals surface area contributed by atoms with Gasteiger partial charge in [-0.25, -0.2) is 0 Å². The predicted octanol–water partition coefficient (Wildman–Crippen LogP) is 5.55. The van der Waals surface area contributed by atoms with E-state index in [0.717, 1.165) is 10.9 Å². The number of benzene rings is 3. The molecule has 6 heteroatoms. The van der Waals surface area contributed by atoms with Gasteiger partial charge in [0.15, 0.2) is 5.76 Å². The Morgan fingerprint density at radius 3 is 2.31 bits per heavy atom. The van der Waals surface area contributed by atoms with Crippen LogP contribution >= 0.6 is 0 Å². The standard InChI is InChI=1S/C26H23NO5/c1-15-5-7-17(8-6-15)26(29)27-18-9-11-23-20(13-18)16(2)25(32-23)24(28)21-14-19(30-3)10-12-22(21)31-4/h5-14H,1-4H3,(H,27,29). The zero-order valence-corrected chi connectivity index (χ0v) is 18.3. The maximum Gasteiger partial charge on any atom is 0.255 e. The topological polar surface area (TPSA) is 77.8 Å². The lowest BCUT2D eigenvalue weighted by molar-refractivity contribution is 0.100. The smallest absolute Gasteiger partial charge is 0.255 e. The lowest BCUT2D eigenvalue weighted by Crippen LogP contribution is -2.11. The van der Waals surface area contributed by atoms with Crippen molar-refractivity contribution in [3.05, 3.63) is 88.7 Å². The molecule has 1 amide bonds. The third kappa shape index (κ3) is 3.95. The minimum absolute atomic E-state index is 0.206. The predicted molar refractivity (Wildman–Crippen MR) is 123 cm³/mol. The number of furan rings is 1. The van der Waals surface area contributed by atoms with Crippen molar-refractivity contribution >= 4 is 28.3 Å².